The highest BCUT2D eigenvalue weighted by molar-refractivity contribution is 6.01. The lowest BCUT2D eigenvalue weighted by Gasteiger charge is -1.99. The number of H-pyrrole nitrogens is 2. The van der Waals surface area contributed by atoms with E-state index in [4.69, 9.17) is 4.74 Å². The molecule has 2 aromatic heterocycles. The third-order valence-corrected chi connectivity index (χ3v) is 2.86. The number of hydrogen-bond donors (Lipinski definition) is 2. The molecule has 0 radical (unpaired) electrons. The number of nitrogens with one attached hydrogen (secondary N) is 2. The summed E-state index contributed by atoms with van der Waals surface area (Å²) >= 11 is 0. The van der Waals surface area contributed by atoms with E-state index < -0.39 is 5.97 Å². The van der Waals surface area contributed by atoms with Gasteiger partial charge in [0.1, 0.15) is 5.69 Å². The lowest BCUT2D eigenvalue weighted by atomic mass is 10.1. The highest BCUT2D eigenvalue weighted by atomic mass is 16.5. The number of esters is 1. The number of carbonyl (C=O) groups is 1. The fourth-order valence-electron chi connectivity index (χ4n) is 2.03. The van der Waals surface area contributed by atoms with Crippen LogP contribution in [0.3, 0.4) is 0 Å². The molecule has 3 rings (SSSR count). The van der Waals surface area contributed by atoms with E-state index in [1.807, 2.05) is 30.5 Å². The Kier molecular flexibility index (Phi) is 2.75. The van der Waals surface area contributed by atoms with Crippen molar-refractivity contribution in [1.29, 1.82) is 0 Å². The summed E-state index contributed by atoms with van der Waals surface area (Å²) in [5, 5.41) is 11.4. The van der Waals surface area contributed by atoms with Gasteiger partial charge in [0.15, 0.2) is 5.69 Å². The summed E-state index contributed by atoms with van der Waals surface area (Å²) in [5.74, 6) is -0.475. The minimum Gasteiger partial charge on any atom is -0.461 e. The van der Waals surface area contributed by atoms with Crippen molar-refractivity contribution >= 4 is 16.9 Å². The summed E-state index contributed by atoms with van der Waals surface area (Å²) in [5.41, 5.74) is 2.50. The molecule has 0 saturated heterocycles. The second-order valence-electron chi connectivity index (χ2n) is 3.99. The van der Waals surface area contributed by atoms with Gasteiger partial charge < -0.3 is 9.72 Å². The molecule has 19 heavy (non-hydrogen) atoms. The summed E-state index contributed by atoms with van der Waals surface area (Å²) < 4.78 is 4.97. The summed E-state index contributed by atoms with van der Waals surface area (Å²) in [6, 6.07) is 7.80. The average molecular weight is 256 g/mol. The van der Waals surface area contributed by atoms with Gasteiger partial charge in [-0.05, 0) is 13.0 Å². The van der Waals surface area contributed by atoms with Crippen LogP contribution in [-0.2, 0) is 4.74 Å². The monoisotopic (exact) mass is 256 g/mol. The number of aromatic nitrogens is 4. The highest BCUT2D eigenvalue weighted by Crippen LogP contribution is 2.28. The van der Waals surface area contributed by atoms with Crippen molar-refractivity contribution in [2.45, 2.75) is 6.92 Å². The number of hydrogen-bond acceptors (Lipinski definition) is 4. The first-order valence-electron chi connectivity index (χ1n) is 5.95. The summed E-state index contributed by atoms with van der Waals surface area (Å²) in [6.45, 7) is 2.06. The maximum Gasteiger partial charge on any atom is 0.361 e. The number of carbonyl (C=O) groups excluding carboxylic acids is 1. The molecule has 0 saturated carbocycles. The summed E-state index contributed by atoms with van der Waals surface area (Å²) in [4.78, 5) is 14.9. The molecule has 6 heteroatoms. The van der Waals surface area contributed by atoms with E-state index >= 15 is 0 Å². The number of rotatable bonds is 3. The topological polar surface area (TPSA) is 83.7 Å². The van der Waals surface area contributed by atoms with E-state index in [0.717, 1.165) is 16.5 Å². The molecule has 2 N–H and O–H groups in total. The van der Waals surface area contributed by atoms with Gasteiger partial charge in [-0.1, -0.05) is 18.2 Å². The molecule has 0 bridgehead atoms. The SMILES string of the molecule is CCOC(=O)c1n[nH]nc1-c1c[nH]c2ccccc12. The summed E-state index contributed by atoms with van der Waals surface area (Å²) in [7, 11) is 0. The van der Waals surface area contributed by atoms with Crippen LogP contribution >= 0.6 is 0 Å². The lowest BCUT2D eigenvalue weighted by molar-refractivity contribution is 0.0520. The molecule has 6 nitrogen and oxygen atoms in total. The van der Waals surface area contributed by atoms with Gasteiger partial charge in [-0.3, -0.25) is 0 Å². The number of fused-ring (bicyclic) bond motifs is 1. The Morgan fingerprint density at radius 3 is 3.00 bits per heavy atom. The Labute approximate surface area is 108 Å². The Morgan fingerprint density at radius 2 is 2.16 bits per heavy atom. The van der Waals surface area contributed by atoms with Crippen LogP contribution in [0.4, 0.5) is 0 Å². The van der Waals surface area contributed by atoms with Crippen LogP contribution in [0.15, 0.2) is 30.5 Å². The number of ether oxygens (including phenoxy) is 1. The van der Waals surface area contributed by atoms with Gasteiger partial charge in [0.2, 0.25) is 0 Å². The molecule has 0 aliphatic carbocycles. The molecule has 96 valence electrons. The van der Waals surface area contributed by atoms with Crippen LogP contribution in [0, 0.1) is 0 Å². The molecule has 0 unspecified atom stereocenters. The molecule has 0 aliphatic rings. The van der Waals surface area contributed by atoms with Crippen LogP contribution in [0.1, 0.15) is 17.4 Å². The van der Waals surface area contributed by atoms with Gasteiger partial charge in [0.25, 0.3) is 0 Å². The van der Waals surface area contributed by atoms with Crippen molar-refractivity contribution in [1.82, 2.24) is 20.4 Å². The van der Waals surface area contributed by atoms with E-state index in [2.05, 4.69) is 20.4 Å². The Bertz CT molecular complexity index is 729. The zero-order chi connectivity index (χ0) is 13.2. The van der Waals surface area contributed by atoms with E-state index in [1.165, 1.54) is 0 Å². The van der Waals surface area contributed by atoms with Crippen LogP contribution in [0.5, 0.6) is 0 Å². The smallest absolute Gasteiger partial charge is 0.361 e. The fraction of sp³-hybridized carbons (Fsp3) is 0.154. The zero-order valence-electron chi connectivity index (χ0n) is 10.3. The van der Waals surface area contributed by atoms with Crippen LogP contribution < -0.4 is 0 Å². The first-order chi connectivity index (χ1) is 9.31. The fourth-order valence-corrected chi connectivity index (χ4v) is 2.03. The molecule has 3 aromatic rings. The molecule has 0 atom stereocenters. The molecule has 0 spiro atoms. The third kappa shape index (κ3) is 1.87. The van der Waals surface area contributed by atoms with Crippen molar-refractivity contribution in [3.8, 4) is 11.3 Å². The normalized spacial score (nSPS) is 10.8. The Hall–Kier alpha value is -2.63. The van der Waals surface area contributed by atoms with Crippen LogP contribution in [0.25, 0.3) is 22.2 Å². The van der Waals surface area contributed by atoms with Crippen LogP contribution in [-0.4, -0.2) is 33.0 Å². The predicted octanol–water partition coefficient (Wildman–Crippen LogP) is 2.13. The van der Waals surface area contributed by atoms with E-state index in [-0.39, 0.29) is 5.69 Å². The van der Waals surface area contributed by atoms with E-state index in [0.29, 0.717) is 12.3 Å². The maximum atomic E-state index is 11.8. The highest BCUT2D eigenvalue weighted by Gasteiger charge is 2.20. The molecular weight excluding hydrogens is 244 g/mol. The van der Waals surface area contributed by atoms with Crippen molar-refractivity contribution < 1.29 is 9.53 Å². The second kappa shape index (κ2) is 4.56. The predicted molar refractivity (Wildman–Crippen MR) is 69.6 cm³/mol. The van der Waals surface area contributed by atoms with Crippen molar-refractivity contribution in [2.24, 2.45) is 0 Å². The van der Waals surface area contributed by atoms with Gasteiger partial charge in [0, 0.05) is 22.7 Å². The standard InChI is InChI=1S/C13H12N4O2/c1-2-19-13(18)12-11(15-17-16-12)9-7-14-10-6-4-3-5-8(9)10/h3-7,14H,2H2,1H3,(H,15,16,17). The molecule has 1 aromatic carbocycles. The number of aromatic amines is 2. The maximum absolute atomic E-state index is 11.8. The van der Waals surface area contributed by atoms with Crippen molar-refractivity contribution in [3.63, 3.8) is 0 Å². The van der Waals surface area contributed by atoms with Crippen molar-refractivity contribution in [2.75, 3.05) is 6.61 Å². The lowest BCUT2D eigenvalue weighted by Crippen LogP contribution is -2.06. The molecule has 0 aliphatic heterocycles. The quantitative estimate of drug-likeness (QED) is 0.703. The number of benzene rings is 1. The summed E-state index contributed by atoms with van der Waals surface area (Å²) in [6.07, 6.45) is 1.81. The third-order valence-electron chi connectivity index (χ3n) is 2.86. The number of nitrogens with zero attached hydrogens (tertiary/aromatic N) is 2. The van der Waals surface area contributed by atoms with Crippen LogP contribution in [0.2, 0.25) is 0 Å². The minimum atomic E-state index is -0.475. The first-order valence-corrected chi connectivity index (χ1v) is 5.95. The average Bonchev–Trinajstić information content (AvgIpc) is 3.05. The Balaban J connectivity index is 2.12. The second-order valence-corrected chi connectivity index (χ2v) is 3.99. The number of para-hydroxylation sites is 1. The Morgan fingerprint density at radius 1 is 1.32 bits per heavy atom. The minimum absolute atomic E-state index is 0.201. The molecule has 0 fully saturated rings. The van der Waals surface area contributed by atoms with Gasteiger partial charge in [-0.2, -0.15) is 10.3 Å². The van der Waals surface area contributed by atoms with Gasteiger partial charge in [0.05, 0.1) is 6.61 Å². The van der Waals surface area contributed by atoms with Gasteiger partial charge in [-0.15, -0.1) is 5.10 Å². The largest absolute Gasteiger partial charge is 0.461 e. The zero-order valence-corrected chi connectivity index (χ0v) is 10.3. The van der Waals surface area contributed by atoms with E-state index in [1.54, 1.807) is 6.92 Å². The molecular formula is C13H12N4O2. The van der Waals surface area contributed by atoms with Crippen molar-refractivity contribution in [3.05, 3.63) is 36.2 Å². The first kappa shape index (κ1) is 11.5. The van der Waals surface area contributed by atoms with Gasteiger partial charge in [-0.25, -0.2) is 4.79 Å². The molecule has 0 amide bonds. The van der Waals surface area contributed by atoms with E-state index in [9.17, 15) is 4.79 Å². The van der Waals surface area contributed by atoms with Gasteiger partial charge >= 0.3 is 5.97 Å². The molecule has 2 heterocycles.